The summed E-state index contributed by atoms with van der Waals surface area (Å²) in [6, 6.07) is 16.3. The summed E-state index contributed by atoms with van der Waals surface area (Å²) < 4.78 is 10.9. The molecule has 0 saturated carbocycles. The molecule has 6 heteroatoms. The van der Waals surface area contributed by atoms with Crippen molar-refractivity contribution >= 4 is 17.6 Å². The van der Waals surface area contributed by atoms with Gasteiger partial charge in [-0.1, -0.05) is 67.0 Å². The fourth-order valence-electron chi connectivity index (χ4n) is 2.94. The van der Waals surface area contributed by atoms with E-state index in [1.165, 1.54) is 0 Å². The first-order chi connectivity index (χ1) is 13.9. The summed E-state index contributed by atoms with van der Waals surface area (Å²) in [7, 11) is 0. The van der Waals surface area contributed by atoms with Crippen LogP contribution in [-0.2, 0) is 9.53 Å². The first-order valence-electron chi connectivity index (χ1n) is 9.46. The zero-order valence-electron chi connectivity index (χ0n) is 16.9. The molecule has 1 N–H and O–H groups in total. The molecule has 0 aliphatic heterocycles. The van der Waals surface area contributed by atoms with Gasteiger partial charge in [0.2, 0.25) is 6.10 Å². The molecule has 0 fully saturated rings. The minimum absolute atomic E-state index is 0.0460. The molecule has 0 saturated heterocycles. The Morgan fingerprint density at radius 3 is 2.28 bits per heavy atom. The van der Waals surface area contributed by atoms with Crippen LogP contribution in [-0.4, -0.2) is 17.0 Å². The molecule has 0 aliphatic carbocycles. The van der Waals surface area contributed by atoms with E-state index in [0.717, 1.165) is 5.56 Å². The number of hydrogen-bond acceptors (Lipinski definition) is 5. The summed E-state index contributed by atoms with van der Waals surface area (Å²) in [5, 5.41) is 6.70. The van der Waals surface area contributed by atoms with Gasteiger partial charge in [0.05, 0.1) is 5.69 Å². The molecule has 29 heavy (non-hydrogen) atoms. The van der Waals surface area contributed by atoms with Gasteiger partial charge in [0, 0.05) is 17.2 Å². The van der Waals surface area contributed by atoms with Crippen LogP contribution in [0.3, 0.4) is 0 Å². The first-order valence-corrected chi connectivity index (χ1v) is 9.46. The number of ether oxygens (including phenoxy) is 1. The van der Waals surface area contributed by atoms with Gasteiger partial charge in [-0.2, -0.15) is 0 Å². The van der Waals surface area contributed by atoms with Crippen LogP contribution in [0.25, 0.3) is 0 Å². The number of amides is 1. The van der Waals surface area contributed by atoms with Gasteiger partial charge in [0.25, 0.3) is 5.91 Å². The van der Waals surface area contributed by atoms with Gasteiger partial charge in [-0.05, 0) is 26.0 Å². The number of nitrogens with zero attached hydrogens (tertiary/aromatic N) is 1. The lowest BCUT2D eigenvalue weighted by molar-refractivity contribution is -0.125. The molecule has 2 aromatic carbocycles. The van der Waals surface area contributed by atoms with Gasteiger partial charge in [-0.15, -0.1) is 0 Å². The molecule has 1 atom stereocenters. The molecule has 1 amide bonds. The number of anilines is 1. The Morgan fingerprint density at radius 2 is 1.66 bits per heavy atom. The zero-order chi connectivity index (χ0) is 21.0. The van der Waals surface area contributed by atoms with Crippen molar-refractivity contribution in [2.45, 2.75) is 39.7 Å². The van der Waals surface area contributed by atoms with Crippen molar-refractivity contribution in [3.05, 3.63) is 82.7 Å². The minimum Gasteiger partial charge on any atom is -0.444 e. The van der Waals surface area contributed by atoms with E-state index in [-0.39, 0.29) is 11.5 Å². The zero-order valence-corrected chi connectivity index (χ0v) is 16.9. The average Bonchev–Trinajstić information content (AvgIpc) is 3.10. The van der Waals surface area contributed by atoms with Gasteiger partial charge in [0.1, 0.15) is 5.56 Å². The van der Waals surface area contributed by atoms with Crippen molar-refractivity contribution in [2.24, 2.45) is 0 Å². The molecule has 0 unspecified atom stereocenters. The Labute approximate surface area is 169 Å². The SMILES string of the molecule is Cc1ccc(NC(=O)[C@@H](OC(=O)c2c(C)noc2C(C)C)c2ccccc2)cc1. The highest BCUT2D eigenvalue weighted by Gasteiger charge is 2.30. The Bertz CT molecular complexity index is 991. The van der Waals surface area contributed by atoms with E-state index < -0.39 is 18.0 Å². The summed E-state index contributed by atoms with van der Waals surface area (Å²) >= 11 is 0. The fourth-order valence-corrected chi connectivity index (χ4v) is 2.94. The Balaban J connectivity index is 1.88. The maximum absolute atomic E-state index is 13.0. The average molecular weight is 392 g/mol. The van der Waals surface area contributed by atoms with Crippen molar-refractivity contribution in [3.8, 4) is 0 Å². The smallest absolute Gasteiger partial charge is 0.344 e. The predicted molar refractivity (Wildman–Crippen MR) is 110 cm³/mol. The van der Waals surface area contributed by atoms with E-state index in [1.54, 1.807) is 43.3 Å². The summed E-state index contributed by atoms with van der Waals surface area (Å²) in [4.78, 5) is 25.9. The molecule has 0 spiro atoms. The van der Waals surface area contributed by atoms with Crippen LogP contribution in [0.5, 0.6) is 0 Å². The van der Waals surface area contributed by atoms with Crippen LogP contribution in [0.1, 0.15) is 58.8 Å². The fraction of sp³-hybridized carbons (Fsp3) is 0.261. The monoisotopic (exact) mass is 392 g/mol. The summed E-state index contributed by atoms with van der Waals surface area (Å²) in [5.41, 5.74) is 2.99. The second-order valence-corrected chi connectivity index (χ2v) is 7.21. The van der Waals surface area contributed by atoms with Crippen molar-refractivity contribution in [1.29, 1.82) is 0 Å². The number of carbonyl (C=O) groups is 2. The molecule has 6 nitrogen and oxygen atoms in total. The molecule has 1 heterocycles. The van der Waals surface area contributed by atoms with E-state index in [2.05, 4.69) is 10.5 Å². The Morgan fingerprint density at radius 1 is 1.00 bits per heavy atom. The predicted octanol–water partition coefficient (Wildman–Crippen LogP) is 4.95. The van der Waals surface area contributed by atoms with Crippen LogP contribution in [0, 0.1) is 13.8 Å². The van der Waals surface area contributed by atoms with Gasteiger partial charge in [-0.25, -0.2) is 4.79 Å². The lowest BCUT2D eigenvalue weighted by Crippen LogP contribution is -2.26. The number of rotatable bonds is 6. The number of esters is 1. The van der Waals surface area contributed by atoms with E-state index >= 15 is 0 Å². The van der Waals surface area contributed by atoms with E-state index in [0.29, 0.717) is 22.7 Å². The lowest BCUT2D eigenvalue weighted by atomic mass is 10.0. The molecule has 0 radical (unpaired) electrons. The highest BCUT2D eigenvalue weighted by Crippen LogP contribution is 2.27. The van der Waals surface area contributed by atoms with Crippen molar-refractivity contribution in [1.82, 2.24) is 5.16 Å². The highest BCUT2D eigenvalue weighted by atomic mass is 16.6. The van der Waals surface area contributed by atoms with E-state index in [4.69, 9.17) is 9.26 Å². The quantitative estimate of drug-likeness (QED) is 0.600. The van der Waals surface area contributed by atoms with Crippen LogP contribution >= 0.6 is 0 Å². The third-order valence-corrected chi connectivity index (χ3v) is 4.50. The summed E-state index contributed by atoms with van der Waals surface area (Å²) in [5.74, 6) is -0.678. The molecule has 3 aromatic rings. The molecular formula is C23H24N2O4. The summed E-state index contributed by atoms with van der Waals surface area (Å²) in [6.07, 6.45) is -1.11. The second-order valence-electron chi connectivity index (χ2n) is 7.21. The molecule has 0 aliphatic rings. The van der Waals surface area contributed by atoms with Crippen molar-refractivity contribution in [2.75, 3.05) is 5.32 Å². The largest absolute Gasteiger partial charge is 0.444 e. The third kappa shape index (κ3) is 4.71. The molecular weight excluding hydrogens is 368 g/mol. The summed E-state index contributed by atoms with van der Waals surface area (Å²) in [6.45, 7) is 7.44. The minimum atomic E-state index is -1.11. The lowest BCUT2D eigenvalue weighted by Gasteiger charge is -2.18. The Hall–Kier alpha value is -3.41. The van der Waals surface area contributed by atoms with Crippen LogP contribution < -0.4 is 5.32 Å². The number of nitrogens with one attached hydrogen (secondary N) is 1. The van der Waals surface area contributed by atoms with Gasteiger partial charge >= 0.3 is 5.97 Å². The van der Waals surface area contributed by atoms with E-state index in [1.807, 2.05) is 39.0 Å². The number of aromatic nitrogens is 1. The van der Waals surface area contributed by atoms with Gasteiger partial charge in [-0.3, -0.25) is 4.79 Å². The van der Waals surface area contributed by atoms with Crippen LogP contribution in [0.2, 0.25) is 0 Å². The Kier molecular flexibility index (Phi) is 6.12. The second kappa shape index (κ2) is 8.73. The van der Waals surface area contributed by atoms with Gasteiger partial charge in [0.15, 0.2) is 5.76 Å². The normalized spacial score (nSPS) is 11.9. The molecule has 0 bridgehead atoms. The highest BCUT2D eigenvalue weighted by molar-refractivity contribution is 5.98. The van der Waals surface area contributed by atoms with Crippen LogP contribution in [0.4, 0.5) is 5.69 Å². The van der Waals surface area contributed by atoms with Crippen molar-refractivity contribution < 1.29 is 18.8 Å². The maximum atomic E-state index is 13.0. The topological polar surface area (TPSA) is 81.4 Å². The van der Waals surface area contributed by atoms with Crippen LogP contribution in [0.15, 0.2) is 59.1 Å². The molecule has 1 aromatic heterocycles. The number of carbonyl (C=O) groups excluding carboxylic acids is 2. The third-order valence-electron chi connectivity index (χ3n) is 4.50. The standard InChI is InChI=1S/C23H24N2O4/c1-14(2)20-19(16(4)25-29-20)23(27)28-21(17-8-6-5-7-9-17)22(26)24-18-12-10-15(3)11-13-18/h5-14,21H,1-4H3,(H,24,26)/t21-/m0/s1. The number of aryl methyl sites for hydroxylation is 2. The molecule has 150 valence electrons. The molecule has 3 rings (SSSR count). The van der Waals surface area contributed by atoms with E-state index in [9.17, 15) is 9.59 Å². The maximum Gasteiger partial charge on any atom is 0.344 e. The van der Waals surface area contributed by atoms with Crippen molar-refractivity contribution in [3.63, 3.8) is 0 Å². The van der Waals surface area contributed by atoms with Gasteiger partial charge < -0.3 is 14.6 Å². The first kappa shape index (κ1) is 20.3. The number of benzene rings is 2. The number of hydrogen-bond donors (Lipinski definition) is 1.